The first-order chi connectivity index (χ1) is 19.1. The molecule has 0 aliphatic carbocycles. The van der Waals surface area contributed by atoms with E-state index >= 15 is 0 Å². The lowest BCUT2D eigenvalue weighted by atomic mass is 10.2. The molecule has 0 heterocycles. The average molecular weight is 583 g/mol. The van der Waals surface area contributed by atoms with Gasteiger partial charge in [-0.15, -0.1) is 0 Å². The Labute approximate surface area is 233 Å². The second kappa shape index (κ2) is 25.7. The maximum atomic E-state index is 12.0. The van der Waals surface area contributed by atoms with Gasteiger partial charge in [-0.1, -0.05) is 17.7 Å². The van der Waals surface area contributed by atoms with Crippen molar-refractivity contribution < 1.29 is 55.2 Å². The summed E-state index contributed by atoms with van der Waals surface area (Å²) in [7, 11) is -2.13. The van der Waals surface area contributed by atoms with Gasteiger partial charge in [0.25, 0.3) is 10.1 Å². The van der Waals surface area contributed by atoms with Crippen molar-refractivity contribution >= 4 is 10.1 Å². The van der Waals surface area contributed by atoms with E-state index in [2.05, 4.69) is 0 Å². The summed E-state index contributed by atoms with van der Waals surface area (Å²) >= 11 is 0. The molecule has 12 nitrogen and oxygen atoms in total. The lowest BCUT2D eigenvalue weighted by Gasteiger charge is -2.09. The van der Waals surface area contributed by atoms with Crippen molar-refractivity contribution in [3.8, 4) is 0 Å². The van der Waals surface area contributed by atoms with Gasteiger partial charge >= 0.3 is 0 Å². The van der Waals surface area contributed by atoms with Gasteiger partial charge in [-0.05, 0) is 19.1 Å². The van der Waals surface area contributed by atoms with Crippen LogP contribution in [-0.4, -0.2) is 134 Å². The van der Waals surface area contributed by atoms with E-state index in [4.69, 9.17) is 46.8 Å². The Kier molecular flexibility index (Phi) is 23.6. The van der Waals surface area contributed by atoms with Gasteiger partial charge in [0.2, 0.25) is 0 Å². The first-order valence-electron chi connectivity index (χ1n) is 13.1. The Morgan fingerprint density at radius 1 is 0.462 bits per heavy atom. The molecule has 1 aromatic carbocycles. The van der Waals surface area contributed by atoms with E-state index in [1.807, 2.05) is 6.92 Å². The van der Waals surface area contributed by atoms with Gasteiger partial charge in [-0.25, -0.2) is 0 Å². The molecule has 0 fully saturated rings. The molecule has 0 unspecified atom stereocenters. The van der Waals surface area contributed by atoms with E-state index in [-0.39, 0.29) is 18.1 Å². The molecule has 0 amide bonds. The van der Waals surface area contributed by atoms with E-state index in [0.717, 1.165) is 5.56 Å². The fraction of sp³-hybridized carbons (Fsp3) is 0.769. The third kappa shape index (κ3) is 22.2. The lowest BCUT2D eigenvalue weighted by Crippen LogP contribution is -2.15. The molecule has 0 atom stereocenters. The molecule has 1 rings (SSSR count). The van der Waals surface area contributed by atoms with Crippen LogP contribution in [0, 0.1) is 6.92 Å². The highest BCUT2D eigenvalue weighted by Gasteiger charge is 2.14. The van der Waals surface area contributed by atoms with Crippen LogP contribution in [0.1, 0.15) is 5.56 Å². The van der Waals surface area contributed by atoms with Crippen molar-refractivity contribution in [3.63, 3.8) is 0 Å². The zero-order valence-corrected chi connectivity index (χ0v) is 24.2. The standard InChI is InChI=1S/C26H46O12S/c1-25-3-5-26(6-4-25)39(27,28)38-24-23-37-22-21-36-20-19-35-18-17-34-16-15-33-14-13-32-12-11-31-10-9-30-8-7-29-2/h3-6H,7-24H2,1-2H3. The minimum Gasteiger partial charge on any atom is -0.382 e. The molecule has 0 saturated carbocycles. The maximum Gasteiger partial charge on any atom is 0.297 e. The zero-order valence-electron chi connectivity index (χ0n) is 23.3. The van der Waals surface area contributed by atoms with Crippen LogP contribution >= 0.6 is 0 Å². The molecule has 0 N–H and O–H groups in total. The van der Waals surface area contributed by atoms with Gasteiger partial charge in [0, 0.05) is 7.11 Å². The minimum absolute atomic E-state index is 0.0549. The number of benzene rings is 1. The zero-order chi connectivity index (χ0) is 28.3. The Balaban J connectivity index is 1.72. The van der Waals surface area contributed by atoms with Crippen molar-refractivity contribution in [2.45, 2.75) is 11.8 Å². The summed E-state index contributed by atoms with van der Waals surface area (Å²) < 4.78 is 77.0. The van der Waals surface area contributed by atoms with Crippen molar-refractivity contribution in [2.24, 2.45) is 0 Å². The van der Waals surface area contributed by atoms with Crippen LogP contribution in [0.15, 0.2) is 29.2 Å². The molecule has 0 bridgehead atoms. The van der Waals surface area contributed by atoms with Gasteiger partial charge in [-0.2, -0.15) is 8.42 Å². The highest BCUT2D eigenvalue weighted by Crippen LogP contribution is 2.12. The summed E-state index contributed by atoms with van der Waals surface area (Å²) in [5.74, 6) is 0. The number of aryl methyl sites for hydroxylation is 1. The van der Waals surface area contributed by atoms with Gasteiger partial charge < -0.3 is 42.6 Å². The van der Waals surface area contributed by atoms with Crippen molar-refractivity contribution in [2.75, 3.05) is 126 Å². The number of hydrogen-bond acceptors (Lipinski definition) is 12. The van der Waals surface area contributed by atoms with Crippen LogP contribution in [0.25, 0.3) is 0 Å². The van der Waals surface area contributed by atoms with Crippen molar-refractivity contribution in [3.05, 3.63) is 29.8 Å². The van der Waals surface area contributed by atoms with Gasteiger partial charge in [0.05, 0.1) is 124 Å². The Morgan fingerprint density at radius 3 is 1.05 bits per heavy atom. The Hall–Kier alpha value is -1.23. The molecule has 0 radical (unpaired) electrons. The molecule has 0 aliphatic heterocycles. The monoisotopic (exact) mass is 582 g/mol. The molecular formula is C26H46O12S. The third-order valence-corrected chi connectivity index (χ3v) is 6.14. The number of methoxy groups -OCH3 is 1. The van der Waals surface area contributed by atoms with E-state index in [1.54, 1.807) is 19.2 Å². The van der Waals surface area contributed by atoms with Crippen LogP contribution in [0.5, 0.6) is 0 Å². The highest BCUT2D eigenvalue weighted by atomic mass is 32.2. The van der Waals surface area contributed by atoms with Crippen LogP contribution < -0.4 is 0 Å². The fourth-order valence-electron chi connectivity index (χ4n) is 2.76. The van der Waals surface area contributed by atoms with E-state index < -0.39 is 10.1 Å². The van der Waals surface area contributed by atoms with E-state index in [9.17, 15) is 8.42 Å². The molecule has 13 heteroatoms. The second-order valence-electron chi connectivity index (χ2n) is 7.98. The molecule has 39 heavy (non-hydrogen) atoms. The summed E-state index contributed by atoms with van der Waals surface area (Å²) in [6, 6.07) is 6.48. The average Bonchev–Trinajstić information content (AvgIpc) is 2.93. The minimum atomic E-state index is -3.77. The normalized spacial score (nSPS) is 11.8. The largest absolute Gasteiger partial charge is 0.382 e. The van der Waals surface area contributed by atoms with Gasteiger partial charge in [0.15, 0.2) is 0 Å². The molecule has 1 aromatic rings. The lowest BCUT2D eigenvalue weighted by molar-refractivity contribution is -0.0246. The van der Waals surface area contributed by atoms with E-state index in [0.29, 0.717) is 106 Å². The molecule has 0 spiro atoms. The second-order valence-corrected chi connectivity index (χ2v) is 9.60. The predicted octanol–water partition coefficient (Wildman–Crippen LogP) is 1.48. The van der Waals surface area contributed by atoms with Gasteiger partial charge in [-0.3, -0.25) is 4.18 Å². The first-order valence-corrected chi connectivity index (χ1v) is 14.5. The first kappa shape index (κ1) is 35.8. The third-order valence-electron chi connectivity index (χ3n) is 4.81. The topological polar surface area (TPSA) is 126 Å². The predicted molar refractivity (Wildman–Crippen MR) is 143 cm³/mol. The van der Waals surface area contributed by atoms with E-state index in [1.165, 1.54) is 12.1 Å². The maximum absolute atomic E-state index is 12.0. The number of hydrogen-bond donors (Lipinski definition) is 0. The summed E-state index contributed by atoms with van der Waals surface area (Å²) in [5.41, 5.74) is 0.977. The Bertz CT molecular complexity index is 761. The molecule has 0 aliphatic rings. The summed E-state index contributed by atoms with van der Waals surface area (Å²) in [6.45, 7) is 9.77. The Morgan fingerprint density at radius 2 is 0.744 bits per heavy atom. The fourth-order valence-corrected chi connectivity index (χ4v) is 3.65. The summed E-state index contributed by atoms with van der Waals surface area (Å²) in [5, 5.41) is 0. The van der Waals surface area contributed by atoms with Gasteiger partial charge in [0.1, 0.15) is 0 Å². The highest BCUT2D eigenvalue weighted by molar-refractivity contribution is 7.86. The van der Waals surface area contributed by atoms with Crippen molar-refractivity contribution in [1.82, 2.24) is 0 Å². The molecule has 0 aromatic heterocycles. The SMILES string of the molecule is COCCOCCOCCOCCOCCOCCOCCOCCOCCOS(=O)(=O)c1ccc(C)cc1. The van der Waals surface area contributed by atoms with Crippen LogP contribution in [0.3, 0.4) is 0 Å². The van der Waals surface area contributed by atoms with Crippen LogP contribution in [0.2, 0.25) is 0 Å². The summed E-state index contributed by atoms with van der Waals surface area (Å²) in [4.78, 5) is 0.131. The molecule has 0 saturated heterocycles. The van der Waals surface area contributed by atoms with Crippen LogP contribution in [-0.2, 0) is 56.9 Å². The number of ether oxygens (including phenoxy) is 9. The molecule has 228 valence electrons. The molecular weight excluding hydrogens is 536 g/mol. The summed E-state index contributed by atoms with van der Waals surface area (Å²) in [6.07, 6.45) is 0. The van der Waals surface area contributed by atoms with Crippen molar-refractivity contribution in [1.29, 1.82) is 0 Å². The smallest absolute Gasteiger partial charge is 0.297 e. The number of rotatable bonds is 29. The van der Waals surface area contributed by atoms with Crippen LogP contribution in [0.4, 0.5) is 0 Å². The quantitative estimate of drug-likeness (QED) is 0.100.